The monoisotopic (exact) mass is 583 g/mol. The van der Waals surface area contributed by atoms with E-state index in [4.69, 9.17) is 18.9 Å². The number of rotatable bonds is 10. The van der Waals surface area contributed by atoms with E-state index < -0.39 is 11.9 Å². The van der Waals surface area contributed by atoms with Gasteiger partial charge in [0.1, 0.15) is 5.75 Å². The van der Waals surface area contributed by atoms with E-state index in [1.807, 2.05) is 0 Å². The number of hydrazone groups is 1. The van der Waals surface area contributed by atoms with E-state index in [1.165, 1.54) is 39.7 Å². The van der Waals surface area contributed by atoms with Crippen molar-refractivity contribution in [3.63, 3.8) is 0 Å². The van der Waals surface area contributed by atoms with Gasteiger partial charge in [-0.3, -0.25) is 9.59 Å². The van der Waals surface area contributed by atoms with Gasteiger partial charge in [0.15, 0.2) is 11.5 Å². The number of hydrogen-bond donors (Lipinski definition) is 2. The van der Waals surface area contributed by atoms with Crippen molar-refractivity contribution in [1.82, 2.24) is 5.43 Å². The van der Waals surface area contributed by atoms with Crippen LogP contribution in [-0.4, -0.2) is 45.3 Å². The minimum Gasteiger partial charge on any atom is -0.493 e. The Morgan fingerprint density at radius 1 is 0.868 bits per heavy atom. The number of ether oxygens (including phenoxy) is 4. The summed E-state index contributed by atoms with van der Waals surface area (Å²) >= 11 is 3.38. The van der Waals surface area contributed by atoms with Gasteiger partial charge in [0.25, 0.3) is 5.91 Å². The fourth-order valence-corrected chi connectivity index (χ4v) is 3.63. The zero-order chi connectivity index (χ0) is 27.7. The molecule has 0 aliphatic heterocycles. The predicted molar refractivity (Wildman–Crippen MR) is 146 cm³/mol. The van der Waals surface area contributed by atoms with Crippen molar-refractivity contribution < 1.29 is 33.3 Å². The molecule has 0 saturated carbocycles. The summed E-state index contributed by atoms with van der Waals surface area (Å²) in [6.45, 7) is 1.75. The highest BCUT2D eigenvalue weighted by Gasteiger charge is 2.19. The lowest BCUT2D eigenvalue weighted by molar-refractivity contribution is -0.115. The van der Waals surface area contributed by atoms with E-state index in [-0.39, 0.29) is 17.2 Å². The van der Waals surface area contributed by atoms with Crippen LogP contribution in [0.3, 0.4) is 0 Å². The minimum atomic E-state index is -0.666. The molecular weight excluding hydrogens is 558 g/mol. The van der Waals surface area contributed by atoms with Crippen LogP contribution >= 0.6 is 15.9 Å². The third kappa shape index (κ3) is 7.10. The van der Waals surface area contributed by atoms with Crippen LogP contribution in [0.25, 0.3) is 0 Å². The number of nitrogens with zero attached hydrogens (tertiary/aromatic N) is 1. The maximum absolute atomic E-state index is 12.9. The first kappa shape index (κ1) is 28.2. The molecule has 0 aliphatic carbocycles. The maximum atomic E-state index is 12.9. The number of anilines is 1. The number of hydrogen-bond acceptors (Lipinski definition) is 8. The van der Waals surface area contributed by atoms with Crippen LogP contribution in [0.4, 0.5) is 5.69 Å². The largest absolute Gasteiger partial charge is 0.493 e. The Labute approximate surface area is 228 Å². The number of methoxy groups -OCH3 is 3. The van der Waals surface area contributed by atoms with Crippen LogP contribution < -0.4 is 29.7 Å². The van der Waals surface area contributed by atoms with Crippen molar-refractivity contribution >= 4 is 45.6 Å². The van der Waals surface area contributed by atoms with E-state index in [0.29, 0.717) is 45.0 Å². The quantitative estimate of drug-likeness (QED) is 0.152. The second-order valence-corrected chi connectivity index (χ2v) is 8.58. The molecule has 0 heterocycles. The molecule has 0 aliphatic rings. The third-order valence-corrected chi connectivity index (χ3v) is 5.69. The van der Waals surface area contributed by atoms with Gasteiger partial charge >= 0.3 is 5.97 Å². The third-order valence-electron chi connectivity index (χ3n) is 5.20. The fraction of sp³-hybridized carbons (Fsp3) is 0.185. The van der Waals surface area contributed by atoms with Gasteiger partial charge in [-0.1, -0.05) is 22.9 Å². The smallest absolute Gasteiger partial charge is 0.343 e. The summed E-state index contributed by atoms with van der Waals surface area (Å²) in [5, 5.41) is 6.71. The van der Waals surface area contributed by atoms with Crippen molar-refractivity contribution in [2.45, 2.75) is 13.3 Å². The molecule has 0 atom stereocenters. The average molecular weight is 584 g/mol. The number of benzene rings is 3. The summed E-state index contributed by atoms with van der Waals surface area (Å²) in [6, 6.07) is 14.3. The summed E-state index contributed by atoms with van der Waals surface area (Å²) < 4.78 is 22.2. The molecule has 3 aromatic rings. The van der Waals surface area contributed by atoms with E-state index in [2.05, 4.69) is 31.8 Å². The molecule has 2 N–H and O–H groups in total. The zero-order valence-electron chi connectivity index (χ0n) is 21.2. The van der Waals surface area contributed by atoms with Crippen LogP contribution in [0.5, 0.6) is 23.0 Å². The molecule has 0 saturated heterocycles. The fourth-order valence-electron chi connectivity index (χ4n) is 3.25. The Kier molecular flexibility index (Phi) is 9.83. The van der Waals surface area contributed by atoms with Crippen molar-refractivity contribution in [3.05, 3.63) is 75.8 Å². The molecular formula is C27H26BrN3O7. The summed E-state index contributed by atoms with van der Waals surface area (Å²) in [5.74, 6) is -0.0801. The van der Waals surface area contributed by atoms with Crippen molar-refractivity contribution in [1.29, 1.82) is 0 Å². The number of carbonyl (C=O) groups excluding carboxylic acids is 3. The number of nitrogens with one attached hydrogen (secondary N) is 2. The lowest BCUT2D eigenvalue weighted by Gasteiger charge is -2.14. The summed E-state index contributed by atoms with van der Waals surface area (Å²) in [4.78, 5) is 36.9. The van der Waals surface area contributed by atoms with Crippen molar-refractivity contribution in [3.8, 4) is 23.0 Å². The highest BCUT2D eigenvalue weighted by Crippen LogP contribution is 2.38. The molecule has 0 radical (unpaired) electrons. The Morgan fingerprint density at radius 3 is 2.11 bits per heavy atom. The van der Waals surface area contributed by atoms with Gasteiger partial charge in [0, 0.05) is 27.7 Å². The molecule has 2 amide bonds. The second kappa shape index (κ2) is 13.2. The highest BCUT2D eigenvalue weighted by molar-refractivity contribution is 9.10. The standard InChI is InChI=1S/C27H26BrN3O7/c1-5-24(32)30-20-9-6-16(7-10-20)26(33)31-29-15-18-12-19(28)8-11-21(18)38-27(34)17-13-22(35-2)25(37-4)23(14-17)36-3/h6-15H,5H2,1-4H3,(H,30,32)(H,31,33)/b29-15-. The SMILES string of the molecule is CCC(=O)Nc1ccc(C(=O)N/N=C\c2cc(Br)ccc2OC(=O)c2cc(OC)c(OC)c(OC)c2)cc1. The molecule has 0 unspecified atom stereocenters. The Balaban J connectivity index is 1.75. The van der Waals surface area contributed by atoms with Gasteiger partial charge < -0.3 is 24.3 Å². The lowest BCUT2D eigenvalue weighted by Crippen LogP contribution is -2.18. The van der Waals surface area contributed by atoms with E-state index in [0.717, 1.165) is 0 Å². The van der Waals surface area contributed by atoms with E-state index >= 15 is 0 Å². The number of esters is 1. The van der Waals surface area contributed by atoms with Gasteiger partial charge in [-0.05, 0) is 54.6 Å². The lowest BCUT2D eigenvalue weighted by atomic mass is 10.1. The molecule has 3 aromatic carbocycles. The Bertz CT molecular complexity index is 1330. The molecule has 0 spiro atoms. The number of amides is 2. The molecule has 10 nitrogen and oxygen atoms in total. The topological polar surface area (TPSA) is 125 Å². The zero-order valence-corrected chi connectivity index (χ0v) is 22.7. The summed E-state index contributed by atoms with van der Waals surface area (Å²) in [7, 11) is 4.36. The predicted octanol–water partition coefficient (Wildman–Crippen LogP) is 4.81. The van der Waals surface area contributed by atoms with Crippen LogP contribution in [0, 0.1) is 0 Å². The normalized spacial score (nSPS) is 10.6. The summed E-state index contributed by atoms with van der Waals surface area (Å²) in [6.07, 6.45) is 1.71. The highest BCUT2D eigenvalue weighted by atomic mass is 79.9. The van der Waals surface area contributed by atoms with Crippen molar-refractivity contribution in [2.75, 3.05) is 26.6 Å². The first-order valence-corrected chi connectivity index (χ1v) is 12.1. The van der Waals surface area contributed by atoms with Crippen molar-refractivity contribution in [2.24, 2.45) is 5.10 Å². The van der Waals surface area contributed by atoms with Gasteiger partial charge in [0.2, 0.25) is 11.7 Å². The van der Waals surface area contributed by atoms with Gasteiger partial charge in [-0.15, -0.1) is 0 Å². The molecule has 38 heavy (non-hydrogen) atoms. The van der Waals surface area contributed by atoms with Gasteiger partial charge in [-0.2, -0.15) is 5.10 Å². The maximum Gasteiger partial charge on any atom is 0.343 e. The first-order chi connectivity index (χ1) is 18.3. The molecule has 0 bridgehead atoms. The molecule has 3 rings (SSSR count). The average Bonchev–Trinajstić information content (AvgIpc) is 2.93. The number of halogens is 1. The first-order valence-electron chi connectivity index (χ1n) is 11.3. The molecule has 198 valence electrons. The minimum absolute atomic E-state index is 0.123. The van der Waals surface area contributed by atoms with Crippen LogP contribution in [0.1, 0.15) is 39.6 Å². The molecule has 0 fully saturated rings. The number of carbonyl (C=O) groups is 3. The Hall–Kier alpha value is -4.38. The van der Waals surface area contributed by atoms with Gasteiger partial charge in [0.05, 0.1) is 33.1 Å². The van der Waals surface area contributed by atoms with Crippen LogP contribution in [-0.2, 0) is 4.79 Å². The molecule has 0 aromatic heterocycles. The van der Waals surface area contributed by atoms with Crippen LogP contribution in [0.2, 0.25) is 0 Å². The van der Waals surface area contributed by atoms with Gasteiger partial charge in [-0.25, -0.2) is 10.2 Å². The molecule has 11 heteroatoms. The van der Waals surface area contributed by atoms with E-state index in [1.54, 1.807) is 49.4 Å². The summed E-state index contributed by atoms with van der Waals surface area (Å²) in [5.41, 5.74) is 3.98. The Morgan fingerprint density at radius 2 is 1.53 bits per heavy atom. The second-order valence-electron chi connectivity index (χ2n) is 7.66. The van der Waals surface area contributed by atoms with E-state index in [9.17, 15) is 14.4 Å². The van der Waals surface area contributed by atoms with Crippen LogP contribution in [0.15, 0.2) is 64.2 Å².